The molecule has 0 bridgehead atoms. The second-order valence-corrected chi connectivity index (χ2v) is 13.2. The highest BCUT2D eigenvalue weighted by molar-refractivity contribution is 6.18. The van der Waals surface area contributed by atoms with E-state index in [4.69, 9.17) is 0 Å². The number of rotatable bonds is 5. The first-order valence-electron chi connectivity index (χ1n) is 17.6. The zero-order valence-electron chi connectivity index (χ0n) is 28.2. The molecule has 0 N–H and O–H groups in total. The molecule has 3 heteroatoms. The molecule has 0 amide bonds. The lowest BCUT2D eigenvalue weighted by atomic mass is 9.91. The Morgan fingerprint density at radius 2 is 0.981 bits per heavy atom. The van der Waals surface area contributed by atoms with Crippen molar-refractivity contribution < 1.29 is 0 Å². The third-order valence-electron chi connectivity index (χ3n) is 10.4. The average molecular weight is 662 g/mol. The van der Waals surface area contributed by atoms with Crippen LogP contribution < -0.4 is 0 Å². The second kappa shape index (κ2) is 12.0. The van der Waals surface area contributed by atoms with Crippen molar-refractivity contribution >= 4 is 43.6 Å². The summed E-state index contributed by atoms with van der Waals surface area (Å²) in [5, 5.41) is 15.4. The lowest BCUT2D eigenvalue weighted by molar-refractivity contribution is 1.18. The number of aromatic nitrogens is 2. The van der Waals surface area contributed by atoms with Crippen molar-refractivity contribution in [3.05, 3.63) is 194 Å². The zero-order chi connectivity index (χ0) is 34.6. The molecule has 0 unspecified atom stereocenters. The van der Waals surface area contributed by atoms with E-state index in [1.165, 1.54) is 27.2 Å². The Labute approximate surface area is 301 Å². The summed E-state index contributed by atoms with van der Waals surface area (Å²) in [7, 11) is 0. The van der Waals surface area contributed by atoms with E-state index >= 15 is 0 Å². The fourth-order valence-electron chi connectivity index (χ4n) is 8.16. The number of nitrogens with zero attached hydrogens (tertiary/aromatic N) is 3. The van der Waals surface area contributed by atoms with Gasteiger partial charge in [0, 0.05) is 38.4 Å². The second-order valence-electron chi connectivity index (χ2n) is 13.2. The van der Waals surface area contributed by atoms with Crippen LogP contribution in [0, 0.1) is 11.3 Å². The largest absolute Gasteiger partial charge is 0.309 e. The van der Waals surface area contributed by atoms with Gasteiger partial charge >= 0.3 is 0 Å². The van der Waals surface area contributed by atoms with Crippen LogP contribution >= 0.6 is 0 Å². The van der Waals surface area contributed by atoms with Gasteiger partial charge in [-0.15, -0.1) is 0 Å². The molecule has 0 aliphatic carbocycles. The molecule has 3 nitrogen and oxygen atoms in total. The van der Waals surface area contributed by atoms with Crippen LogP contribution in [0.5, 0.6) is 0 Å². The molecule has 2 heterocycles. The summed E-state index contributed by atoms with van der Waals surface area (Å²) in [4.78, 5) is 0. The van der Waals surface area contributed by atoms with E-state index in [-0.39, 0.29) is 0 Å². The first kappa shape index (κ1) is 29.7. The Bertz CT molecular complexity index is 3000. The van der Waals surface area contributed by atoms with Crippen molar-refractivity contribution in [3.8, 4) is 50.8 Å². The van der Waals surface area contributed by atoms with E-state index in [1.54, 1.807) is 0 Å². The molecule has 0 spiro atoms. The molecule has 0 fully saturated rings. The molecule has 10 aromatic rings. The number of benzene rings is 8. The summed E-state index contributed by atoms with van der Waals surface area (Å²) in [5.74, 6) is 0. The minimum absolute atomic E-state index is 0.641. The Morgan fingerprint density at radius 1 is 0.385 bits per heavy atom. The Kier molecular flexibility index (Phi) is 6.87. The van der Waals surface area contributed by atoms with Crippen LogP contribution in [-0.4, -0.2) is 9.13 Å². The molecule has 0 radical (unpaired) electrons. The Morgan fingerprint density at radius 3 is 1.71 bits per heavy atom. The van der Waals surface area contributed by atoms with Gasteiger partial charge < -0.3 is 9.13 Å². The van der Waals surface area contributed by atoms with Gasteiger partial charge in [0.1, 0.15) is 0 Å². The molecule has 0 atom stereocenters. The monoisotopic (exact) mass is 661 g/mol. The summed E-state index contributed by atoms with van der Waals surface area (Å²) >= 11 is 0. The van der Waals surface area contributed by atoms with Gasteiger partial charge in [-0.05, 0) is 64.7 Å². The van der Waals surface area contributed by atoms with E-state index in [9.17, 15) is 5.26 Å². The fraction of sp³-hybridized carbons (Fsp3) is 0. The predicted octanol–water partition coefficient (Wildman–Crippen LogP) is 12.8. The summed E-state index contributed by atoms with van der Waals surface area (Å²) in [6.07, 6.45) is 0. The number of para-hydroxylation sites is 3. The molecule has 242 valence electrons. The van der Waals surface area contributed by atoms with Gasteiger partial charge in [0.15, 0.2) is 0 Å². The zero-order valence-corrected chi connectivity index (χ0v) is 28.2. The molecule has 2 aromatic heterocycles. The highest BCUT2D eigenvalue weighted by Crippen LogP contribution is 2.45. The Hall–Kier alpha value is -7.15. The lowest BCUT2D eigenvalue weighted by Gasteiger charge is -2.20. The summed E-state index contributed by atoms with van der Waals surface area (Å²) in [5.41, 5.74) is 13.7. The van der Waals surface area contributed by atoms with E-state index in [0.717, 1.165) is 61.2 Å². The van der Waals surface area contributed by atoms with Crippen molar-refractivity contribution in [3.63, 3.8) is 0 Å². The maximum Gasteiger partial charge on any atom is 0.0998 e. The SMILES string of the molecule is N#Cc1ccc(-c2ccccc2)c(-n2c3ccccc3c3c(-c4ccc5c6ccccc6n(-c6ccccc6)c5c4)cccc32)c1-c1ccccc1. The van der Waals surface area contributed by atoms with Crippen molar-refractivity contribution in [1.29, 1.82) is 5.26 Å². The van der Waals surface area contributed by atoms with E-state index in [1.807, 2.05) is 30.3 Å². The highest BCUT2D eigenvalue weighted by Gasteiger charge is 2.24. The van der Waals surface area contributed by atoms with Gasteiger partial charge in [0.25, 0.3) is 0 Å². The van der Waals surface area contributed by atoms with Crippen LogP contribution in [0.4, 0.5) is 0 Å². The number of hydrogen-bond acceptors (Lipinski definition) is 1. The lowest BCUT2D eigenvalue weighted by Crippen LogP contribution is -2.02. The number of fused-ring (bicyclic) bond motifs is 6. The van der Waals surface area contributed by atoms with Gasteiger partial charge in [0.2, 0.25) is 0 Å². The number of nitriles is 1. The first-order chi connectivity index (χ1) is 25.8. The quantitative estimate of drug-likeness (QED) is 0.181. The average Bonchev–Trinajstić information content (AvgIpc) is 3.74. The standard InChI is InChI=1S/C49H31N3/c50-32-36-28-29-39(33-15-4-1-5-16-33)49(47(36)34-17-6-2-7-18-34)52-44-25-13-11-22-42(44)48-38(23-14-26-45(48)52)35-27-30-41-40-21-10-12-24-43(40)51(46(41)31-35)37-19-8-3-9-20-37/h1-31H. The van der Waals surface area contributed by atoms with Gasteiger partial charge in [-0.3, -0.25) is 0 Å². The molecule has 52 heavy (non-hydrogen) atoms. The van der Waals surface area contributed by atoms with E-state index < -0.39 is 0 Å². The summed E-state index contributed by atoms with van der Waals surface area (Å²) in [6.45, 7) is 0. The van der Waals surface area contributed by atoms with Crippen LogP contribution in [0.1, 0.15) is 5.56 Å². The van der Waals surface area contributed by atoms with Crippen LogP contribution in [0.15, 0.2) is 188 Å². The molecule has 0 aliphatic rings. The normalized spacial score (nSPS) is 11.4. The topological polar surface area (TPSA) is 33.6 Å². The Balaban J connectivity index is 1.31. The third kappa shape index (κ3) is 4.52. The number of hydrogen-bond donors (Lipinski definition) is 0. The molecule has 0 saturated carbocycles. The van der Waals surface area contributed by atoms with E-state index in [2.05, 4.69) is 173 Å². The van der Waals surface area contributed by atoms with Crippen LogP contribution in [0.25, 0.3) is 88.4 Å². The maximum absolute atomic E-state index is 10.6. The first-order valence-corrected chi connectivity index (χ1v) is 17.6. The van der Waals surface area contributed by atoms with Gasteiger partial charge in [-0.25, -0.2) is 0 Å². The van der Waals surface area contributed by atoms with Crippen molar-refractivity contribution in [1.82, 2.24) is 9.13 Å². The molecular formula is C49H31N3. The van der Waals surface area contributed by atoms with Crippen molar-refractivity contribution in [2.45, 2.75) is 0 Å². The minimum atomic E-state index is 0.641. The smallest absolute Gasteiger partial charge is 0.0998 e. The van der Waals surface area contributed by atoms with Gasteiger partial charge in [-0.1, -0.05) is 146 Å². The van der Waals surface area contributed by atoms with Crippen molar-refractivity contribution in [2.75, 3.05) is 0 Å². The van der Waals surface area contributed by atoms with Crippen LogP contribution in [0.3, 0.4) is 0 Å². The molecule has 8 aromatic carbocycles. The fourth-order valence-corrected chi connectivity index (χ4v) is 8.16. The van der Waals surface area contributed by atoms with E-state index in [0.29, 0.717) is 5.56 Å². The van der Waals surface area contributed by atoms with Crippen LogP contribution in [0.2, 0.25) is 0 Å². The summed E-state index contributed by atoms with van der Waals surface area (Å²) in [6, 6.07) is 69.0. The van der Waals surface area contributed by atoms with Gasteiger partial charge in [0.05, 0.1) is 39.4 Å². The molecular weight excluding hydrogens is 631 g/mol. The molecule has 0 saturated heterocycles. The maximum atomic E-state index is 10.6. The third-order valence-corrected chi connectivity index (χ3v) is 10.4. The van der Waals surface area contributed by atoms with Crippen LogP contribution in [-0.2, 0) is 0 Å². The summed E-state index contributed by atoms with van der Waals surface area (Å²) < 4.78 is 4.77. The molecule has 10 rings (SSSR count). The van der Waals surface area contributed by atoms with Crippen molar-refractivity contribution in [2.24, 2.45) is 0 Å². The molecule has 0 aliphatic heterocycles. The highest BCUT2D eigenvalue weighted by atomic mass is 15.0. The van der Waals surface area contributed by atoms with Gasteiger partial charge in [-0.2, -0.15) is 5.26 Å². The predicted molar refractivity (Wildman–Crippen MR) is 216 cm³/mol. The minimum Gasteiger partial charge on any atom is -0.309 e.